The van der Waals surface area contributed by atoms with E-state index in [1.807, 2.05) is 13.1 Å². The molecule has 1 aromatic rings. The van der Waals surface area contributed by atoms with Gasteiger partial charge in [-0.3, -0.25) is 4.98 Å². The van der Waals surface area contributed by atoms with Crippen LogP contribution in [0.1, 0.15) is 30.5 Å². The Balaban J connectivity index is 1.83. The molecule has 1 fully saturated rings. The van der Waals surface area contributed by atoms with Crippen molar-refractivity contribution in [1.82, 2.24) is 10.3 Å². The summed E-state index contributed by atoms with van der Waals surface area (Å²) in [6.07, 6.45) is 8.31. The molecule has 2 aliphatic rings. The van der Waals surface area contributed by atoms with Crippen LogP contribution in [0.3, 0.4) is 0 Å². The molecule has 2 heterocycles. The predicted molar refractivity (Wildman–Crippen MR) is 66.1 cm³/mol. The van der Waals surface area contributed by atoms with Gasteiger partial charge in [-0.25, -0.2) is 0 Å². The maximum Gasteiger partial charge on any atom is 0.0373 e. The molecule has 1 saturated heterocycles. The van der Waals surface area contributed by atoms with Crippen molar-refractivity contribution < 1.29 is 0 Å². The molecule has 0 amide bonds. The number of nitrogens with zero attached hydrogens (tertiary/aromatic N) is 1. The van der Waals surface area contributed by atoms with Crippen LogP contribution in [0.15, 0.2) is 24.4 Å². The molecule has 16 heavy (non-hydrogen) atoms. The highest BCUT2D eigenvalue weighted by Gasteiger charge is 2.29. The third-order valence-corrected chi connectivity index (χ3v) is 3.77. The normalized spacial score (nSPS) is 28.7. The first-order chi connectivity index (χ1) is 7.83. The number of piperidine rings is 1. The average molecular weight is 214 g/mol. The molecule has 0 saturated carbocycles. The Bertz CT molecular complexity index is 405. The van der Waals surface area contributed by atoms with Gasteiger partial charge in [-0.2, -0.15) is 0 Å². The molecule has 0 aromatic carbocycles. The molecule has 0 radical (unpaired) electrons. The van der Waals surface area contributed by atoms with E-state index >= 15 is 0 Å². The summed E-state index contributed by atoms with van der Waals surface area (Å²) >= 11 is 0. The van der Waals surface area contributed by atoms with Crippen molar-refractivity contribution in [3.63, 3.8) is 0 Å². The maximum absolute atomic E-state index is 4.38. The van der Waals surface area contributed by atoms with Crippen LogP contribution in [0.5, 0.6) is 0 Å². The Morgan fingerprint density at radius 2 is 2.31 bits per heavy atom. The van der Waals surface area contributed by atoms with Crippen LogP contribution in [0, 0.1) is 12.8 Å². The highest BCUT2D eigenvalue weighted by molar-refractivity contribution is 5.68. The summed E-state index contributed by atoms with van der Waals surface area (Å²) in [4.78, 5) is 4.38. The lowest BCUT2D eigenvalue weighted by Gasteiger charge is -2.25. The Kier molecular flexibility index (Phi) is 2.52. The Morgan fingerprint density at radius 1 is 1.38 bits per heavy atom. The van der Waals surface area contributed by atoms with Crippen molar-refractivity contribution in [2.75, 3.05) is 6.54 Å². The van der Waals surface area contributed by atoms with Gasteiger partial charge < -0.3 is 5.32 Å². The first-order valence-corrected chi connectivity index (χ1v) is 6.20. The maximum atomic E-state index is 4.38. The van der Waals surface area contributed by atoms with Crippen LogP contribution >= 0.6 is 0 Å². The van der Waals surface area contributed by atoms with Gasteiger partial charge in [-0.15, -0.1) is 0 Å². The quantitative estimate of drug-likeness (QED) is 0.777. The van der Waals surface area contributed by atoms with Gasteiger partial charge in [0.2, 0.25) is 0 Å². The Hall–Kier alpha value is -1.15. The van der Waals surface area contributed by atoms with Gasteiger partial charge in [0.05, 0.1) is 0 Å². The van der Waals surface area contributed by atoms with E-state index in [0.29, 0.717) is 6.04 Å². The number of pyridine rings is 1. The number of aryl methyl sites for hydroxylation is 1. The largest absolute Gasteiger partial charge is 0.313 e. The third-order valence-electron chi connectivity index (χ3n) is 3.77. The van der Waals surface area contributed by atoms with Gasteiger partial charge in [0.15, 0.2) is 0 Å². The van der Waals surface area contributed by atoms with Crippen LogP contribution in [0.25, 0.3) is 5.57 Å². The van der Waals surface area contributed by atoms with E-state index < -0.39 is 0 Å². The van der Waals surface area contributed by atoms with Gasteiger partial charge in [0.1, 0.15) is 0 Å². The van der Waals surface area contributed by atoms with Gasteiger partial charge in [0.25, 0.3) is 0 Å². The molecule has 3 rings (SSSR count). The van der Waals surface area contributed by atoms with Crippen LogP contribution in [0.4, 0.5) is 0 Å². The highest BCUT2D eigenvalue weighted by atomic mass is 14.9. The fraction of sp³-hybridized carbons (Fsp3) is 0.500. The van der Waals surface area contributed by atoms with Crippen molar-refractivity contribution in [3.8, 4) is 0 Å². The summed E-state index contributed by atoms with van der Waals surface area (Å²) in [5.74, 6) is 0.755. The van der Waals surface area contributed by atoms with Crippen molar-refractivity contribution in [1.29, 1.82) is 0 Å². The summed E-state index contributed by atoms with van der Waals surface area (Å²) < 4.78 is 0. The first-order valence-electron chi connectivity index (χ1n) is 6.20. The van der Waals surface area contributed by atoms with Crippen molar-refractivity contribution in [2.24, 2.45) is 5.92 Å². The number of fused-ring (bicyclic) bond motifs is 1. The van der Waals surface area contributed by atoms with Crippen molar-refractivity contribution >= 4 is 5.57 Å². The molecule has 2 nitrogen and oxygen atoms in total. The Morgan fingerprint density at radius 3 is 3.06 bits per heavy atom. The molecule has 2 atom stereocenters. The van der Waals surface area contributed by atoms with E-state index in [-0.39, 0.29) is 0 Å². The summed E-state index contributed by atoms with van der Waals surface area (Å²) in [6.45, 7) is 3.22. The molecular formula is C14H18N2. The molecule has 2 heteroatoms. The second-order valence-corrected chi connectivity index (χ2v) is 4.95. The smallest absolute Gasteiger partial charge is 0.0373 e. The summed E-state index contributed by atoms with van der Waals surface area (Å²) in [5, 5.41) is 3.62. The lowest BCUT2D eigenvalue weighted by Crippen LogP contribution is -2.37. The molecule has 0 bridgehead atoms. The first kappa shape index (κ1) is 10.0. The van der Waals surface area contributed by atoms with E-state index in [1.54, 1.807) is 0 Å². The second-order valence-electron chi connectivity index (χ2n) is 4.95. The van der Waals surface area contributed by atoms with Crippen LogP contribution in [-0.4, -0.2) is 17.6 Å². The second kappa shape index (κ2) is 4.02. The number of aromatic nitrogens is 1. The van der Waals surface area contributed by atoms with Crippen LogP contribution in [-0.2, 0) is 0 Å². The van der Waals surface area contributed by atoms with Gasteiger partial charge in [0, 0.05) is 17.9 Å². The lowest BCUT2D eigenvalue weighted by molar-refractivity contribution is 0.348. The number of hydrogen-bond donors (Lipinski definition) is 1. The average Bonchev–Trinajstić information content (AvgIpc) is 2.73. The minimum atomic E-state index is 0.685. The minimum absolute atomic E-state index is 0.685. The van der Waals surface area contributed by atoms with Crippen molar-refractivity contribution in [3.05, 3.63) is 35.7 Å². The summed E-state index contributed by atoms with van der Waals surface area (Å²) in [5.41, 5.74) is 3.89. The zero-order valence-electron chi connectivity index (χ0n) is 9.74. The van der Waals surface area contributed by atoms with E-state index in [9.17, 15) is 0 Å². The SMILES string of the molecule is Cc1ccc(C2=C[C@@H]3CCCN[C@@H]3C2)cn1. The van der Waals surface area contributed by atoms with E-state index in [2.05, 4.69) is 28.5 Å². The molecule has 1 N–H and O–H groups in total. The number of nitrogens with one attached hydrogen (secondary N) is 1. The molecular weight excluding hydrogens is 196 g/mol. The van der Waals surface area contributed by atoms with Gasteiger partial charge in [-0.05, 0) is 55.9 Å². The van der Waals surface area contributed by atoms with E-state index in [4.69, 9.17) is 0 Å². The molecule has 0 unspecified atom stereocenters. The van der Waals surface area contributed by atoms with Gasteiger partial charge >= 0.3 is 0 Å². The minimum Gasteiger partial charge on any atom is -0.313 e. The summed E-state index contributed by atoms with van der Waals surface area (Å²) in [6, 6.07) is 4.99. The highest BCUT2D eigenvalue weighted by Crippen LogP contribution is 2.35. The molecule has 1 aromatic heterocycles. The molecule has 0 spiro atoms. The molecule has 84 valence electrons. The number of hydrogen-bond acceptors (Lipinski definition) is 2. The predicted octanol–water partition coefficient (Wildman–Crippen LogP) is 2.55. The Labute approximate surface area is 96.8 Å². The van der Waals surface area contributed by atoms with E-state index in [0.717, 1.165) is 11.6 Å². The fourth-order valence-electron chi connectivity index (χ4n) is 2.84. The topological polar surface area (TPSA) is 24.9 Å². The summed E-state index contributed by atoms with van der Waals surface area (Å²) in [7, 11) is 0. The zero-order valence-corrected chi connectivity index (χ0v) is 9.74. The number of rotatable bonds is 1. The lowest BCUT2D eigenvalue weighted by atomic mass is 9.94. The van der Waals surface area contributed by atoms with Crippen LogP contribution < -0.4 is 5.32 Å². The van der Waals surface area contributed by atoms with Crippen LogP contribution in [0.2, 0.25) is 0 Å². The standard InChI is InChI=1S/C14H18N2/c1-10-4-5-12(9-16-10)13-7-11-3-2-6-15-14(11)8-13/h4-5,7,9,11,14-15H,2-3,6,8H2,1H3/t11-,14+/m0/s1. The fourth-order valence-corrected chi connectivity index (χ4v) is 2.84. The third kappa shape index (κ3) is 1.78. The molecule has 1 aliphatic carbocycles. The van der Waals surface area contributed by atoms with E-state index in [1.165, 1.54) is 36.9 Å². The van der Waals surface area contributed by atoms with Crippen molar-refractivity contribution in [2.45, 2.75) is 32.2 Å². The zero-order chi connectivity index (χ0) is 11.0. The molecule has 1 aliphatic heterocycles. The monoisotopic (exact) mass is 214 g/mol. The van der Waals surface area contributed by atoms with Gasteiger partial charge in [-0.1, -0.05) is 12.1 Å².